The summed E-state index contributed by atoms with van der Waals surface area (Å²) in [5, 5.41) is 25.5. The summed E-state index contributed by atoms with van der Waals surface area (Å²) in [6.07, 6.45) is -1.12. The minimum atomic E-state index is -1.23. The lowest BCUT2D eigenvalue weighted by atomic mass is 10.0. The molecule has 27 heavy (non-hydrogen) atoms. The molecule has 10 nitrogen and oxygen atoms in total. The molecule has 156 valence electrons. The molecule has 0 aliphatic carbocycles. The van der Waals surface area contributed by atoms with E-state index in [-0.39, 0.29) is 17.4 Å². The van der Waals surface area contributed by atoms with E-state index in [9.17, 15) is 24.3 Å². The lowest BCUT2D eigenvalue weighted by Gasteiger charge is -2.25. The highest BCUT2D eigenvalue weighted by Gasteiger charge is 2.30. The van der Waals surface area contributed by atoms with Crippen LogP contribution < -0.4 is 21.7 Å². The molecular formula is C15H28N4O6S2. The number of aliphatic carboxylic acids is 1. The molecule has 0 saturated heterocycles. The van der Waals surface area contributed by atoms with E-state index >= 15 is 0 Å². The van der Waals surface area contributed by atoms with Gasteiger partial charge in [0.15, 0.2) is 0 Å². The summed E-state index contributed by atoms with van der Waals surface area (Å²) < 4.78 is 0. The fourth-order valence-corrected chi connectivity index (χ4v) is 2.43. The Bertz CT molecular complexity index is 546. The first-order valence-corrected chi connectivity index (χ1v) is 9.51. The predicted octanol–water partition coefficient (Wildman–Crippen LogP) is -2.25. The number of carbonyl (C=O) groups is 4. The molecule has 0 aliphatic heterocycles. The van der Waals surface area contributed by atoms with E-state index in [2.05, 4.69) is 41.2 Å². The van der Waals surface area contributed by atoms with Crippen molar-refractivity contribution in [3.05, 3.63) is 0 Å². The van der Waals surface area contributed by atoms with Gasteiger partial charge in [0.25, 0.3) is 0 Å². The van der Waals surface area contributed by atoms with Gasteiger partial charge in [-0.2, -0.15) is 25.3 Å². The number of hydrogen-bond donors (Lipinski definition) is 8. The summed E-state index contributed by atoms with van der Waals surface area (Å²) in [5.74, 6) is -3.94. The van der Waals surface area contributed by atoms with Crippen molar-refractivity contribution in [3.8, 4) is 0 Å². The summed E-state index contributed by atoms with van der Waals surface area (Å²) in [7, 11) is 0. The molecule has 0 aliphatic rings. The standard InChI is InChI=1S/C15H28N4O6S2/c1-6(2)11(15(24)25)19-13(22)9(5-27)17-12(21)8(4-26)18-14(23)10(16)7(3)20/h6-11,20,26-27H,4-5,16H2,1-3H3,(H,17,21)(H,18,23)(H,19,22)(H,24,25). The zero-order valence-electron chi connectivity index (χ0n) is 15.4. The topological polar surface area (TPSA) is 171 Å². The Morgan fingerprint density at radius 3 is 1.63 bits per heavy atom. The van der Waals surface area contributed by atoms with Crippen LogP contribution in [0.5, 0.6) is 0 Å². The molecule has 5 atom stereocenters. The van der Waals surface area contributed by atoms with Crippen molar-refractivity contribution in [1.29, 1.82) is 0 Å². The van der Waals surface area contributed by atoms with Crippen LogP contribution in [0.3, 0.4) is 0 Å². The molecule has 0 heterocycles. The molecule has 7 N–H and O–H groups in total. The van der Waals surface area contributed by atoms with E-state index in [4.69, 9.17) is 10.8 Å². The number of amides is 3. The third-order valence-electron chi connectivity index (χ3n) is 3.68. The second-order valence-corrected chi connectivity index (χ2v) is 7.05. The van der Waals surface area contributed by atoms with Gasteiger partial charge in [0.1, 0.15) is 24.2 Å². The molecule has 0 aromatic carbocycles. The Labute approximate surface area is 168 Å². The smallest absolute Gasteiger partial charge is 0.326 e. The Balaban J connectivity index is 5.00. The van der Waals surface area contributed by atoms with Crippen LogP contribution in [0.4, 0.5) is 0 Å². The molecule has 0 bridgehead atoms. The highest BCUT2D eigenvalue weighted by molar-refractivity contribution is 7.80. The lowest BCUT2D eigenvalue weighted by Crippen LogP contribution is -2.59. The van der Waals surface area contributed by atoms with Crippen LogP contribution in [0.15, 0.2) is 0 Å². The molecule has 0 aromatic heterocycles. The van der Waals surface area contributed by atoms with Gasteiger partial charge >= 0.3 is 5.97 Å². The number of hydrogen-bond acceptors (Lipinski definition) is 8. The normalized spacial score (nSPS) is 16.6. The van der Waals surface area contributed by atoms with Crippen LogP contribution in [-0.4, -0.2) is 75.7 Å². The highest BCUT2D eigenvalue weighted by Crippen LogP contribution is 2.03. The van der Waals surface area contributed by atoms with Gasteiger partial charge in [-0.15, -0.1) is 0 Å². The van der Waals surface area contributed by atoms with E-state index in [0.29, 0.717) is 0 Å². The van der Waals surface area contributed by atoms with Crippen LogP contribution in [0.1, 0.15) is 20.8 Å². The largest absolute Gasteiger partial charge is 0.480 e. The SMILES string of the molecule is CC(C)C(NC(=O)C(CS)NC(=O)C(CS)NC(=O)C(N)C(C)O)C(=O)O. The van der Waals surface area contributed by atoms with Crippen LogP contribution in [0.2, 0.25) is 0 Å². The molecule has 3 amide bonds. The maximum absolute atomic E-state index is 12.3. The van der Waals surface area contributed by atoms with Crippen LogP contribution in [0, 0.1) is 5.92 Å². The van der Waals surface area contributed by atoms with Crippen molar-refractivity contribution >= 4 is 48.9 Å². The summed E-state index contributed by atoms with van der Waals surface area (Å²) in [6, 6.07) is -4.58. The maximum Gasteiger partial charge on any atom is 0.326 e. The second kappa shape index (κ2) is 12.1. The van der Waals surface area contributed by atoms with Gasteiger partial charge in [0.05, 0.1) is 6.10 Å². The molecule has 0 fully saturated rings. The fraction of sp³-hybridized carbons (Fsp3) is 0.733. The van der Waals surface area contributed by atoms with Crippen molar-refractivity contribution in [2.45, 2.75) is 51.0 Å². The first-order valence-electron chi connectivity index (χ1n) is 8.25. The third kappa shape index (κ3) is 8.37. The van der Waals surface area contributed by atoms with Gasteiger partial charge in [-0.25, -0.2) is 4.79 Å². The molecule has 5 unspecified atom stereocenters. The Hall–Kier alpha value is -1.50. The minimum absolute atomic E-state index is 0.0885. The second-order valence-electron chi connectivity index (χ2n) is 6.32. The van der Waals surface area contributed by atoms with Crippen molar-refractivity contribution in [2.24, 2.45) is 11.7 Å². The summed E-state index contributed by atoms with van der Waals surface area (Å²) in [6.45, 7) is 4.59. The van der Waals surface area contributed by atoms with Crippen molar-refractivity contribution in [1.82, 2.24) is 16.0 Å². The number of carboxylic acids is 1. The Morgan fingerprint density at radius 1 is 0.889 bits per heavy atom. The highest BCUT2D eigenvalue weighted by atomic mass is 32.1. The number of aliphatic hydroxyl groups is 1. The summed E-state index contributed by atoms with van der Waals surface area (Å²) in [5.41, 5.74) is 5.50. The number of carbonyl (C=O) groups excluding carboxylic acids is 3. The van der Waals surface area contributed by atoms with Gasteiger partial charge in [-0.05, 0) is 12.8 Å². The zero-order valence-corrected chi connectivity index (χ0v) is 17.2. The minimum Gasteiger partial charge on any atom is -0.480 e. The fourth-order valence-electron chi connectivity index (χ4n) is 1.91. The monoisotopic (exact) mass is 424 g/mol. The molecule has 0 radical (unpaired) electrons. The number of carboxylic acid groups (broad SMARTS) is 1. The van der Waals surface area contributed by atoms with Gasteiger partial charge in [-0.3, -0.25) is 14.4 Å². The van der Waals surface area contributed by atoms with Crippen molar-refractivity contribution < 1.29 is 29.4 Å². The van der Waals surface area contributed by atoms with Crippen LogP contribution in [0.25, 0.3) is 0 Å². The summed E-state index contributed by atoms with van der Waals surface area (Å²) in [4.78, 5) is 47.6. The Morgan fingerprint density at radius 2 is 1.30 bits per heavy atom. The average molecular weight is 425 g/mol. The first kappa shape index (κ1) is 25.5. The first-order chi connectivity index (χ1) is 12.5. The molecule has 0 rings (SSSR count). The van der Waals surface area contributed by atoms with Gasteiger partial charge < -0.3 is 31.9 Å². The lowest BCUT2D eigenvalue weighted by molar-refractivity contribution is -0.143. The number of aliphatic hydroxyl groups excluding tert-OH is 1. The number of nitrogens with one attached hydrogen (secondary N) is 3. The molecular weight excluding hydrogens is 396 g/mol. The molecule has 0 saturated carbocycles. The number of thiol groups is 2. The van der Waals surface area contributed by atoms with E-state index in [1.807, 2.05) is 0 Å². The number of rotatable bonds is 11. The van der Waals surface area contributed by atoms with E-state index < -0.39 is 54.0 Å². The quantitative estimate of drug-likeness (QED) is 0.173. The van der Waals surface area contributed by atoms with Gasteiger partial charge in [0, 0.05) is 11.5 Å². The van der Waals surface area contributed by atoms with Crippen molar-refractivity contribution in [2.75, 3.05) is 11.5 Å². The molecule has 0 spiro atoms. The van der Waals surface area contributed by atoms with Crippen LogP contribution in [-0.2, 0) is 19.2 Å². The van der Waals surface area contributed by atoms with E-state index in [1.165, 1.54) is 6.92 Å². The number of nitrogens with two attached hydrogens (primary N) is 1. The van der Waals surface area contributed by atoms with Crippen LogP contribution >= 0.6 is 25.3 Å². The Kier molecular flexibility index (Phi) is 11.4. The maximum atomic E-state index is 12.3. The summed E-state index contributed by atoms with van der Waals surface area (Å²) >= 11 is 7.99. The van der Waals surface area contributed by atoms with E-state index in [0.717, 1.165) is 0 Å². The van der Waals surface area contributed by atoms with Gasteiger partial charge in [0.2, 0.25) is 17.7 Å². The molecule has 0 aromatic rings. The van der Waals surface area contributed by atoms with Gasteiger partial charge in [-0.1, -0.05) is 13.8 Å². The predicted molar refractivity (Wildman–Crippen MR) is 106 cm³/mol. The van der Waals surface area contributed by atoms with E-state index in [1.54, 1.807) is 13.8 Å². The van der Waals surface area contributed by atoms with Crippen molar-refractivity contribution in [3.63, 3.8) is 0 Å². The zero-order chi connectivity index (χ0) is 21.3. The molecule has 12 heteroatoms. The average Bonchev–Trinajstić information content (AvgIpc) is 2.59. The third-order valence-corrected chi connectivity index (χ3v) is 4.41.